The second-order valence-electron chi connectivity index (χ2n) is 6.03. The lowest BCUT2D eigenvalue weighted by molar-refractivity contribution is -0.131. The third-order valence-corrected chi connectivity index (χ3v) is 4.29. The van der Waals surface area contributed by atoms with Crippen LogP contribution < -0.4 is 10.4 Å². The number of rotatable bonds is 3. The van der Waals surface area contributed by atoms with E-state index < -0.39 is 5.97 Å². The first-order chi connectivity index (χ1) is 11.8. The molecular weight excluding hydrogens is 340 g/mol. The zero-order valence-electron chi connectivity index (χ0n) is 14.2. The van der Waals surface area contributed by atoms with Crippen LogP contribution in [0.3, 0.4) is 0 Å². The van der Waals surface area contributed by atoms with Crippen molar-refractivity contribution in [2.24, 2.45) is 0 Å². The summed E-state index contributed by atoms with van der Waals surface area (Å²) in [6.45, 7) is 5.04. The van der Waals surface area contributed by atoms with Gasteiger partial charge in [0, 0.05) is 23.9 Å². The molecule has 1 aromatic heterocycles. The van der Waals surface area contributed by atoms with Gasteiger partial charge >= 0.3 is 11.6 Å². The summed E-state index contributed by atoms with van der Waals surface area (Å²) in [4.78, 5) is 23.9. The zero-order valence-corrected chi connectivity index (χ0v) is 14.9. The van der Waals surface area contributed by atoms with Crippen molar-refractivity contribution in [3.63, 3.8) is 0 Å². The van der Waals surface area contributed by atoms with Crippen LogP contribution in [0.4, 0.5) is 0 Å². The van der Waals surface area contributed by atoms with Gasteiger partial charge in [-0.25, -0.2) is 4.79 Å². The van der Waals surface area contributed by atoms with Crippen molar-refractivity contribution in [3.8, 4) is 5.75 Å². The van der Waals surface area contributed by atoms with E-state index in [1.807, 2.05) is 26.0 Å². The van der Waals surface area contributed by atoms with Crippen molar-refractivity contribution in [1.29, 1.82) is 0 Å². The lowest BCUT2D eigenvalue weighted by atomic mass is 9.98. The highest BCUT2D eigenvalue weighted by Gasteiger charge is 2.17. The first-order valence-electron chi connectivity index (χ1n) is 7.85. The molecule has 25 heavy (non-hydrogen) atoms. The van der Waals surface area contributed by atoms with E-state index in [0.29, 0.717) is 33.7 Å². The summed E-state index contributed by atoms with van der Waals surface area (Å²) in [5.41, 5.74) is 3.10. The molecule has 3 aromatic rings. The minimum absolute atomic E-state index is 0.390. The van der Waals surface area contributed by atoms with Gasteiger partial charge in [0.25, 0.3) is 0 Å². The van der Waals surface area contributed by atoms with Gasteiger partial charge in [-0.3, -0.25) is 4.79 Å². The largest absolute Gasteiger partial charge is 0.426 e. The van der Waals surface area contributed by atoms with Crippen LogP contribution in [0.5, 0.6) is 5.75 Å². The third-order valence-electron chi connectivity index (χ3n) is 4.03. The molecule has 0 saturated carbocycles. The molecule has 0 aliphatic heterocycles. The van der Waals surface area contributed by atoms with Gasteiger partial charge in [-0.15, -0.1) is 0 Å². The van der Waals surface area contributed by atoms with E-state index in [4.69, 9.17) is 20.8 Å². The Morgan fingerprint density at radius 2 is 1.84 bits per heavy atom. The monoisotopic (exact) mass is 356 g/mol. The number of fused-ring (bicyclic) bond motifs is 1. The Balaban J connectivity index is 2.19. The Morgan fingerprint density at radius 3 is 2.48 bits per heavy atom. The Kier molecular flexibility index (Phi) is 4.64. The maximum Gasteiger partial charge on any atom is 0.340 e. The summed E-state index contributed by atoms with van der Waals surface area (Å²) < 4.78 is 10.8. The van der Waals surface area contributed by atoms with Crippen molar-refractivity contribution in [2.45, 2.75) is 27.2 Å². The van der Waals surface area contributed by atoms with E-state index in [2.05, 4.69) is 0 Å². The van der Waals surface area contributed by atoms with Crippen LogP contribution in [-0.4, -0.2) is 5.97 Å². The topological polar surface area (TPSA) is 56.5 Å². The van der Waals surface area contributed by atoms with Crippen LogP contribution in [0.15, 0.2) is 45.6 Å². The average molecular weight is 357 g/mol. The van der Waals surface area contributed by atoms with Crippen molar-refractivity contribution in [3.05, 3.63) is 74.1 Å². The molecule has 128 valence electrons. The minimum Gasteiger partial charge on any atom is -0.426 e. The van der Waals surface area contributed by atoms with Gasteiger partial charge in [0.2, 0.25) is 0 Å². The highest BCUT2D eigenvalue weighted by molar-refractivity contribution is 6.30. The number of ether oxygens (including phenoxy) is 1. The Morgan fingerprint density at radius 1 is 1.16 bits per heavy atom. The van der Waals surface area contributed by atoms with Crippen molar-refractivity contribution >= 4 is 28.5 Å². The molecule has 0 spiro atoms. The average Bonchev–Trinajstić information content (AvgIpc) is 2.51. The second kappa shape index (κ2) is 6.73. The molecule has 0 atom stereocenters. The zero-order chi connectivity index (χ0) is 18.1. The molecule has 3 rings (SSSR count). The first kappa shape index (κ1) is 17.2. The lowest BCUT2D eigenvalue weighted by Crippen LogP contribution is -2.12. The number of hydrogen-bond donors (Lipinski definition) is 0. The van der Waals surface area contributed by atoms with E-state index in [-0.39, 0.29) is 5.63 Å². The fourth-order valence-electron chi connectivity index (χ4n) is 2.88. The molecule has 0 aliphatic rings. The second-order valence-corrected chi connectivity index (χ2v) is 6.46. The van der Waals surface area contributed by atoms with Gasteiger partial charge in [0.1, 0.15) is 11.3 Å². The predicted molar refractivity (Wildman–Crippen MR) is 97.5 cm³/mol. The number of carbonyl (C=O) groups excluding carboxylic acids is 1. The standard InChI is InChI=1S/C20H17ClO4/c1-11-8-17(24-13(3)22)19-12(2)16(20(23)25-18(19)9-11)10-14-4-6-15(21)7-5-14/h4-9H,10H2,1-3H3. The molecule has 0 amide bonds. The summed E-state index contributed by atoms with van der Waals surface area (Å²) in [6, 6.07) is 10.8. The summed E-state index contributed by atoms with van der Waals surface area (Å²) in [7, 11) is 0. The van der Waals surface area contributed by atoms with Gasteiger partial charge in [-0.2, -0.15) is 0 Å². The predicted octanol–water partition coefficient (Wildman–Crippen LogP) is 4.58. The number of carbonyl (C=O) groups is 1. The van der Waals surface area contributed by atoms with Crippen LogP contribution in [0.25, 0.3) is 11.0 Å². The Labute approximate surface area is 150 Å². The molecule has 5 heteroatoms. The highest BCUT2D eigenvalue weighted by Crippen LogP contribution is 2.31. The summed E-state index contributed by atoms with van der Waals surface area (Å²) in [6.07, 6.45) is 0.411. The van der Waals surface area contributed by atoms with Gasteiger partial charge < -0.3 is 9.15 Å². The Bertz CT molecular complexity index is 1020. The fraction of sp³-hybridized carbons (Fsp3) is 0.200. The third kappa shape index (κ3) is 3.59. The lowest BCUT2D eigenvalue weighted by Gasteiger charge is -2.12. The SMILES string of the molecule is CC(=O)Oc1cc(C)cc2oc(=O)c(Cc3ccc(Cl)cc3)c(C)c12. The van der Waals surface area contributed by atoms with Crippen LogP contribution in [-0.2, 0) is 11.2 Å². The maximum atomic E-state index is 12.5. The minimum atomic E-state index is -0.420. The van der Waals surface area contributed by atoms with Crippen molar-refractivity contribution in [2.75, 3.05) is 0 Å². The van der Waals surface area contributed by atoms with Crippen LogP contribution in [0, 0.1) is 13.8 Å². The maximum absolute atomic E-state index is 12.5. The smallest absolute Gasteiger partial charge is 0.340 e. The summed E-state index contributed by atoms with van der Waals surface area (Å²) in [5.74, 6) is -0.0159. The number of hydrogen-bond acceptors (Lipinski definition) is 4. The van der Waals surface area contributed by atoms with E-state index >= 15 is 0 Å². The van der Waals surface area contributed by atoms with Crippen molar-refractivity contribution in [1.82, 2.24) is 0 Å². The molecule has 1 heterocycles. The molecule has 4 nitrogen and oxygen atoms in total. The summed E-state index contributed by atoms with van der Waals surface area (Å²) in [5, 5.41) is 1.28. The number of benzene rings is 2. The van der Waals surface area contributed by atoms with Gasteiger partial charge in [-0.05, 0) is 54.8 Å². The molecule has 0 unspecified atom stereocenters. The van der Waals surface area contributed by atoms with Crippen LogP contribution >= 0.6 is 11.6 Å². The number of halogens is 1. The molecule has 0 saturated heterocycles. The first-order valence-corrected chi connectivity index (χ1v) is 8.22. The molecule has 0 radical (unpaired) electrons. The van der Waals surface area contributed by atoms with E-state index in [1.54, 1.807) is 24.3 Å². The van der Waals surface area contributed by atoms with Crippen molar-refractivity contribution < 1.29 is 13.9 Å². The van der Waals surface area contributed by atoms with E-state index in [0.717, 1.165) is 16.7 Å². The molecule has 2 aromatic carbocycles. The Hall–Kier alpha value is -2.59. The van der Waals surface area contributed by atoms with Gasteiger partial charge in [-0.1, -0.05) is 23.7 Å². The quantitative estimate of drug-likeness (QED) is 0.391. The van der Waals surface area contributed by atoms with E-state index in [9.17, 15) is 9.59 Å². The van der Waals surface area contributed by atoms with Gasteiger partial charge in [0.15, 0.2) is 0 Å². The van der Waals surface area contributed by atoms with Gasteiger partial charge in [0.05, 0.1) is 5.39 Å². The number of esters is 1. The summed E-state index contributed by atoms with van der Waals surface area (Å²) >= 11 is 5.91. The number of aryl methyl sites for hydroxylation is 2. The normalized spacial score (nSPS) is 10.9. The molecular formula is C20H17ClO4. The highest BCUT2D eigenvalue weighted by atomic mass is 35.5. The molecule has 0 fully saturated rings. The fourth-order valence-corrected chi connectivity index (χ4v) is 3.01. The van der Waals surface area contributed by atoms with Crippen LogP contribution in [0.1, 0.15) is 29.2 Å². The van der Waals surface area contributed by atoms with E-state index in [1.165, 1.54) is 6.92 Å². The van der Waals surface area contributed by atoms with Crippen LogP contribution in [0.2, 0.25) is 5.02 Å². The molecule has 0 bridgehead atoms. The molecule has 0 aliphatic carbocycles. The molecule has 0 N–H and O–H groups in total.